The molecule has 4 aromatic rings. The van der Waals surface area contributed by atoms with Gasteiger partial charge in [0.2, 0.25) is 20.0 Å². The SMILES string of the molecule is C.C.Cc1cc([C@H](NC2=NS(=O)N=C2Nc2ccc(Cl)c(S(N)(=O)=O)c2O)C(C)C)oc1C.Cc1ccc([C@H](NC2=NS(=O)N=C2Nc2ccc(Cl)c(S(N)(=O)=O)c2O)C(C)(C)C)o1. The molecule has 2 aromatic carbocycles. The fourth-order valence-electron chi connectivity index (χ4n) is 5.90. The molecule has 0 saturated heterocycles. The third kappa shape index (κ3) is 12.5. The first kappa shape index (κ1) is 53.5. The van der Waals surface area contributed by atoms with Gasteiger partial charge in [0.05, 0.1) is 33.5 Å². The predicted molar refractivity (Wildman–Crippen MR) is 253 cm³/mol. The molecule has 64 heavy (non-hydrogen) atoms. The highest BCUT2D eigenvalue weighted by Crippen LogP contribution is 2.39. The van der Waals surface area contributed by atoms with Crippen LogP contribution in [0.15, 0.2) is 78.7 Å². The zero-order chi connectivity index (χ0) is 46.2. The number of nitrogens with one attached hydrogen (secondary N) is 4. The molecule has 10 N–H and O–H groups in total. The van der Waals surface area contributed by atoms with Crippen LogP contribution in [0.1, 0.15) is 90.2 Å². The van der Waals surface area contributed by atoms with Crippen molar-refractivity contribution in [3.8, 4) is 11.5 Å². The smallest absolute Gasteiger partial charge is 0.269 e. The van der Waals surface area contributed by atoms with Crippen molar-refractivity contribution in [2.75, 3.05) is 10.6 Å². The minimum absolute atomic E-state index is 0. The Labute approximate surface area is 387 Å². The zero-order valence-electron chi connectivity index (χ0n) is 34.3. The summed E-state index contributed by atoms with van der Waals surface area (Å²) in [5.74, 6) is 1.93. The lowest BCUT2D eigenvalue weighted by molar-refractivity contribution is 0.261. The number of phenols is 2. The van der Waals surface area contributed by atoms with Crippen LogP contribution in [0.3, 0.4) is 0 Å². The summed E-state index contributed by atoms with van der Waals surface area (Å²) in [6.45, 7) is 15.5. The molecule has 0 amide bonds. The molecule has 6 rings (SSSR count). The van der Waals surface area contributed by atoms with Crippen LogP contribution < -0.4 is 31.5 Å². The number of sulfonamides is 2. The molecule has 2 unspecified atom stereocenters. The number of amidine groups is 4. The Hall–Kier alpha value is -4.82. The van der Waals surface area contributed by atoms with Gasteiger partial charge < -0.3 is 40.3 Å². The van der Waals surface area contributed by atoms with E-state index in [2.05, 4.69) is 38.9 Å². The fourth-order valence-corrected chi connectivity index (χ4v) is 9.54. The topological polar surface area (TPSA) is 319 Å². The van der Waals surface area contributed by atoms with Gasteiger partial charge >= 0.3 is 0 Å². The van der Waals surface area contributed by atoms with Gasteiger partial charge in [0, 0.05) is 0 Å². The first-order chi connectivity index (χ1) is 28.6. The molecular formula is C38H52Cl2N10O10S4. The number of furan rings is 2. The minimum atomic E-state index is -4.30. The summed E-state index contributed by atoms with van der Waals surface area (Å²) in [7, 11) is -8.59. The summed E-state index contributed by atoms with van der Waals surface area (Å²) < 4.78 is 98.5. The lowest BCUT2D eigenvalue weighted by Crippen LogP contribution is -2.41. The van der Waals surface area contributed by atoms with Crippen molar-refractivity contribution in [3.05, 3.63) is 81.1 Å². The summed E-state index contributed by atoms with van der Waals surface area (Å²) in [5.41, 5.74) is 0.562. The second kappa shape index (κ2) is 20.6. The molecule has 0 saturated carbocycles. The fraction of sp³-hybridized carbons (Fsp3) is 0.368. The number of aromatic hydroxyl groups is 2. The second-order valence-corrected chi connectivity index (χ2v) is 20.7. The summed E-state index contributed by atoms with van der Waals surface area (Å²) >= 11 is 7.92. The number of nitrogens with zero attached hydrogens (tertiary/aromatic N) is 4. The van der Waals surface area contributed by atoms with E-state index in [-0.39, 0.29) is 83.0 Å². The number of aryl methyl sites for hydroxylation is 3. The third-order valence-corrected chi connectivity index (χ3v) is 13.2. The highest BCUT2D eigenvalue weighted by molar-refractivity contribution is 7.89. The molecule has 2 aliphatic heterocycles. The maximum Gasteiger partial charge on any atom is 0.269 e. The van der Waals surface area contributed by atoms with E-state index in [1.54, 1.807) is 0 Å². The number of anilines is 2. The van der Waals surface area contributed by atoms with Gasteiger partial charge in [-0.1, -0.05) is 72.7 Å². The Bertz CT molecular complexity index is 2800. The minimum Gasteiger partial charge on any atom is -0.504 e. The van der Waals surface area contributed by atoms with Crippen LogP contribution in [0.2, 0.25) is 10.0 Å². The number of rotatable bonds is 9. The molecule has 0 fully saturated rings. The van der Waals surface area contributed by atoms with E-state index in [0.717, 1.165) is 17.1 Å². The average Bonchev–Trinajstić information content (AvgIpc) is 3.89. The second-order valence-electron chi connectivity index (χ2n) is 15.3. The van der Waals surface area contributed by atoms with Gasteiger partial charge in [-0.2, -0.15) is 0 Å². The normalized spacial score (nSPS) is 17.1. The van der Waals surface area contributed by atoms with Crippen LogP contribution in [0.5, 0.6) is 11.5 Å². The van der Waals surface area contributed by atoms with Crippen LogP contribution in [0.4, 0.5) is 11.4 Å². The summed E-state index contributed by atoms with van der Waals surface area (Å²) in [5, 5.41) is 42.4. The van der Waals surface area contributed by atoms with Gasteiger partial charge in [0.25, 0.3) is 22.3 Å². The first-order valence-corrected chi connectivity index (χ1v) is 24.1. The molecule has 0 spiro atoms. The van der Waals surface area contributed by atoms with Crippen molar-refractivity contribution in [2.24, 2.45) is 39.2 Å². The Morgan fingerprint density at radius 3 is 1.48 bits per heavy atom. The molecule has 4 heterocycles. The quantitative estimate of drug-likeness (QED) is 0.0806. The number of halogens is 2. The van der Waals surface area contributed by atoms with Crippen LogP contribution in [0.25, 0.3) is 0 Å². The largest absolute Gasteiger partial charge is 0.504 e. The van der Waals surface area contributed by atoms with E-state index in [1.165, 1.54) is 24.3 Å². The molecule has 352 valence electrons. The standard InChI is InChI=1S/2C18H22ClN5O5S2.2CH4/c1-9-5-8-12(29-9)15(18(2,3)4)22-17-16(23-30(26)24-17)21-11-7-6-10(19)14(13(11)25)31(20,27)28;1-8(2)14(13-7-9(3)10(4)29-13)22-18-17(23-30(26)24-18)21-12-6-5-11(19)16(15(12)25)31(20,27)28;;/h5-8,15,25H,1-4H3,(H,21,23)(H,22,24)(H2,20,27,28);5-8,14,25H,1-4H3,(H,21,23)(H,22,24)(H2,20,27,28);2*1H4/t15-,30?;14-,30?;;/m01../s1. The molecule has 0 aliphatic carbocycles. The van der Waals surface area contributed by atoms with Crippen LogP contribution in [-0.4, -0.2) is 58.8 Å². The Morgan fingerprint density at radius 2 is 1.12 bits per heavy atom. The highest BCUT2D eigenvalue weighted by atomic mass is 35.5. The molecule has 2 aromatic heterocycles. The lowest BCUT2D eigenvalue weighted by Gasteiger charge is -2.30. The van der Waals surface area contributed by atoms with Gasteiger partial charge in [0.15, 0.2) is 34.8 Å². The molecule has 2 aliphatic rings. The maximum absolute atomic E-state index is 12.0. The van der Waals surface area contributed by atoms with E-state index in [4.69, 9.17) is 42.3 Å². The van der Waals surface area contributed by atoms with E-state index >= 15 is 0 Å². The van der Waals surface area contributed by atoms with Crippen LogP contribution >= 0.6 is 23.2 Å². The molecule has 0 radical (unpaired) electrons. The number of primary sulfonamides is 2. The molecule has 4 atom stereocenters. The number of phenolic OH excluding ortho intramolecular Hbond substituents is 2. The van der Waals surface area contributed by atoms with Crippen LogP contribution in [0, 0.1) is 32.1 Å². The van der Waals surface area contributed by atoms with Gasteiger partial charge in [-0.05, 0) is 80.1 Å². The van der Waals surface area contributed by atoms with Gasteiger partial charge in [-0.15, -0.1) is 17.6 Å². The maximum atomic E-state index is 12.0. The monoisotopic (exact) mass is 1010 g/mol. The average molecular weight is 1010 g/mol. The summed E-state index contributed by atoms with van der Waals surface area (Å²) in [6, 6.07) is 10.1. The highest BCUT2D eigenvalue weighted by Gasteiger charge is 2.34. The van der Waals surface area contributed by atoms with Crippen molar-refractivity contribution in [1.82, 2.24) is 10.6 Å². The Morgan fingerprint density at radius 1 is 0.688 bits per heavy atom. The molecular weight excluding hydrogens is 956 g/mol. The van der Waals surface area contributed by atoms with Crippen molar-refractivity contribution in [1.29, 1.82) is 0 Å². The lowest BCUT2D eigenvalue weighted by atomic mass is 9.85. The number of benzene rings is 2. The van der Waals surface area contributed by atoms with Crippen LogP contribution in [-0.2, 0) is 42.4 Å². The summed E-state index contributed by atoms with van der Waals surface area (Å²) in [4.78, 5) is -1.27. The van der Waals surface area contributed by atoms with Crippen molar-refractivity contribution < 1.29 is 44.3 Å². The van der Waals surface area contributed by atoms with Gasteiger partial charge in [0.1, 0.15) is 32.8 Å². The Balaban J connectivity index is 0.000000330. The number of hydrogen-bond acceptors (Lipinski definition) is 14. The van der Waals surface area contributed by atoms with E-state index in [9.17, 15) is 35.5 Å². The van der Waals surface area contributed by atoms with Gasteiger partial charge in [-0.25, -0.2) is 35.5 Å². The molecule has 20 nitrogen and oxygen atoms in total. The van der Waals surface area contributed by atoms with Crippen molar-refractivity contribution in [2.45, 2.75) is 92.1 Å². The van der Waals surface area contributed by atoms with E-state index < -0.39 is 63.7 Å². The summed E-state index contributed by atoms with van der Waals surface area (Å²) in [6.07, 6.45) is 0. The Kier molecular flexibility index (Phi) is 17.2. The van der Waals surface area contributed by atoms with E-state index in [1.807, 2.05) is 73.6 Å². The third-order valence-electron chi connectivity index (χ3n) is 9.01. The van der Waals surface area contributed by atoms with Crippen molar-refractivity contribution >= 4 is 100 Å². The number of hydrogen-bond donors (Lipinski definition) is 8. The van der Waals surface area contributed by atoms with Crippen molar-refractivity contribution in [3.63, 3.8) is 0 Å². The predicted octanol–water partition coefficient (Wildman–Crippen LogP) is 6.74. The zero-order valence-corrected chi connectivity index (χ0v) is 39.0. The van der Waals surface area contributed by atoms with E-state index in [0.29, 0.717) is 11.5 Å². The molecule has 0 bridgehead atoms. The number of nitrogens with two attached hydrogens (primary N) is 2. The van der Waals surface area contributed by atoms with Gasteiger partial charge in [-0.3, -0.25) is 0 Å². The molecule has 26 heteroatoms. The first-order valence-electron chi connectivity index (χ1n) is 18.1.